The van der Waals surface area contributed by atoms with E-state index in [1.165, 1.54) is 0 Å². The van der Waals surface area contributed by atoms with E-state index in [9.17, 15) is 4.79 Å². The number of hydrogen-bond donors (Lipinski definition) is 0. The number of halogens is 2. The van der Waals surface area contributed by atoms with Crippen molar-refractivity contribution in [3.8, 4) is 0 Å². The Morgan fingerprint density at radius 1 is 1.50 bits per heavy atom. The lowest BCUT2D eigenvalue weighted by Gasteiger charge is -2.17. The number of nitrogens with zero attached hydrogens (tertiary/aromatic N) is 1. The minimum Gasteiger partial charge on any atom is -0.342 e. The summed E-state index contributed by atoms with van der Waals surface area (Å²) >= 11 is 9.34. The van der Waals surface area contributed by atoms with E-state index >= 15 is 0 Å². The lowest BCUT2D eigenvalue weighted by Crippen LogP contribution is -2.27. The molecular formula is C12H15BrClNO. The smallest absolute Gasteiger partial charge is 0.255 e. The van der Waals surface area contributed by atoms with Gasteiger partial charge >= 0.3 is 0 Å². The Bertz CT molecular complexity index is 381. The summed E-state index contributed by atoms with van der Waals surface area (Å²) in [5, 5.41) is 0.497. The van der Waals surface area contributed by atoms with Gasteiger partial charge in [0.2, 0.25) is 0 Å². The number of rotatable bonds is 4. The standard InChI is InChI=1S/C12H15BrClNO/c1-3-4-7-15(2)12(16)10-8-9(13)5-6-11(10)14/h5-6,8H,3-4,7H2,1-2H3. The fraction of sp³-hybridized carbons (Fsp3) is 0.417. The molecule has 0 saturated heterocycles. The summed E-state index contributed by atoms with van der Waals surface area (Å²) in [5.41, 5.74) is 0.551. The van der Waals surface area contributed by atoms with Crippen LogP contribution in [0.25, 0.3) is 0 Å². The Labute approximate surface area is 110 Å². The summed E-state index contributed by atoms with van der Waals surface area (Å²) in [7, 11) is 1.80. The topological polar surface area (TPSA) is 20.3 Å². The highest BCUT2D eigenvalue weighted by Crippen LogP contribution is 2.22. The van der Waals surface area contributed by atoms with E-state index in [4.69, 9.17) is 11.6 Å². The zero-order chi connectivity index (χ0) is 12.1. The quantitative estimate of drug-likeness (QED) is 0.824. The molecule has 0 saturated carbocycles. The van der Waals surface area contributed by atoms with Gasteiger partial charge in [0.15, 0.2) is 0 Å². The maximum atomic E-state index is 12.0. The van der Waals surface area contributed by atoms with Crippen molar-refractivity contribution in [2.75, 3.05) is 13.6 Å². The molecule has 0 aliphatic carbocycles. The second kappa shape index (κ2) is 6.26. The maximum Gasteiger partial charge on any atom is 0.255 e. The second-order valence-corrected chi connectivity index (χ2v) is 5.03. The van der Waals surface area contributed by atoms with E-state index in [-0.39, 0.29) is 5.91 Å². The molecule has 1 aromatic carbocycles. The molecule has 0 radical (unpaired) electrons. The van der Waals surface area contributed by atoms with Crippen molar-refractivity contribution in [1.29, 1.82) is 0 Å². The normalized spacial score (nSPS) is 10.2. The van der Waals surface area contributed by atoms with Crippen LogP contribution in [0.2, 0.25) is 5.02 Å². The van der Waals surface area contributed by atoms with Gasteiger partial charge in [-0.2, -0.15) is 0 Å². The van der Waals surface area contributed by atoms with Crippen LogP contribution in [0.4, 0.5) is 0 Å². The Hall–Kier alpha value is -0.540. The van der Waals surface area contributed by atoms with Crippen molar-refractivity contribution in [2.45, 2.75) is 19.8 Å². The molecule has 1 amide bonds. The van der Waals surface area contributed by atoms with Crippen LogP contribution in [0.15, 0.2) is 22.7 Å². The summed E-state index contributed by atoms with van der Waals surface area (Å²) < 4.78 is 0.865. The first kappa shape index (κ1) is 13.5. The average molecular weight is 305 g/mol. The molecule has 0 bridgehead atoms. The highest BCUT2D eigenvalue weighted by atomic mass is 79.9. The Kier molecular flexibility index (Phi) is 5.29. The molecule has 0 fully saturated rings. The van der Waals surface area contributed by atoms with Crippen LogP contribution in [0.1, 0.15) is 30.1 Å². The molecule has 0 N–H and O–H groups in total. The van der Waals surface area contributed by atoms with Gasteiger partial charge in [-0.15, -0.1) is 0 Å². The predicted octanol–water partition coefficient (Wildman–Crippen LogP) is 3.97. The SMILES string of the molecule is CCCCN(C)C(=O)c1cc(Br)ccc1Cl. The number of carbonyl (C=O) groups is 1. The van der Waals surface area contributed by atoms with E-state index in [1.54, 1.807) is 24.1 Å². The monoisotopic (exact) mass is 303 g/mol. The number of unbranched alkanes of at least 4 members (excludes halogenated alkanes) is 1. The molecule has 0 aliphatic rings. The number of hydrogen-bond acceptors (Lipinski definition) is 1. The van der Waals surface area contributed by atoms with Gasteiger partial charge in [-0.3, -0.25) is 4.79 Å². The first-order chi connectivity index (χ1) is 7.56. The largest absolute Gasteiger partial charge is 0.342 e. The fourth-order valence-corrected chi connectivity index (χ4v) is 1.92. The van der Waals surface area contributed by atoms with Crippen molar-refractivity contribution < 1.29 is 4.79 Å². The first-order valence-electron chi connectivity index (χ1n) is 5.26. The van der Waals surface area contributed by atoms with Gasteiger partial charge < -0.3 is 4.90 Å². The van der Waals surface area contributed by atoms with Crippen molar-refractivity contribution >= 4 is 33.4 Å². The molecule has 88 valence electrons. The third-order valence-corrected chi connectivity index (χ3v) is 3.18. The lowest BCUT2D eigenvalue weighted by molar-refractivity contribution is 0.0793. The number of benzene rings is 1. The van der Waals surface area contributed by atoms with Crippen molar-refractivity contribution in [2.24, 2.45) is 0 Å². The average Bonchev–Trinajstić information content (AvgIpc) is 2.28. The van der Waals surface area contributed by atoms with E-state index < -0.39 is 0 Å². The van der Waals surface area contributed by atoms with Gasteiger partial charge in [0, 0.05) is 18.1 Å². The van der Waals surface area contributed by atoms with Crippen LogP contribution in [-0.2, 0) is 0 Å². The van der Waals surface area contributed by atoms with Crippen LogP contribution in [-0.4, -0.2) is 24.4 Å². The summed E-state index contributed by atoms with van der Waals surface area (Å²) in [6.45, 7) is 2.86. The van der Waals surface area contributed by atoms with E-state index in [0.717, 1.165) is 23.9 Å². The van der Waals surface area contributed by atoms with E-state index in [1.807, 2.05) is 6.07 Å². The summed E-state index contributed by atoms with van der Waals surface area (Å²) in [6.07, 6.45) is 2.08. The van der Waals surface area contributed by atoms with Gasteiger partial charge in [-0.05, 0) is 24.6 Å². The van der Waals surface area contributed by atoms with Crippen LogP contribution in [0.5, 0.6) is 0 Å². The zero-order valence-corrected chi connectivity index (χ0v) is 11.8. The molecule has 1 aromatic rings. The fourth-order valence-electron chi connectivity index (χ4n) is 1.36. The van der Waals surface area contributed by atoms with Crippen LogP contribution in [0, 0.1) is 0 Å². The van der Waals surface area contributed by atoms with E-state index in [0.29, 0.717) is 10.6 Å². The number of amides is 1. The molecule has 0 aromatic heterocycles. The molecule has 0 aliphatic heterocycles. The van der Waals surface area contributed by atoms with Crippen LogP contribution in [0.3, 0.4) is 0 Å². The van der Waals surface area contributed by atoms with Gasteiger partial charge in [-0.25, -0.2) is 0 Å². The Morgan fingerprint density at radius 3 is 2.81 bits per heavy atom. The van der Waals surface area contributed by atoms with E-state index in [2.05, 4.69) is 22.9 Å². The first-order valence-corrected chi connectivity index (χ1v) is 6.44. The summed E-state index contributed by atoms with van der Waals surface area (Å²) in [4.78, 5) is 13.7. The van der Waals surface area contributed by atoms with Gasteiger partial charge in [0.05, 0.1) is 10.6 Å². The molecule has 4 heteroatoms. The second-order valence-electron chi connectivity index (χ2n) is 3.70. The third kappa shape index (κ3) is 3.49. The molecule has 16 heavy (non-hydrogen) atoms. The Balaban J connectivity index is 2.83. The summed E-state index contributed by atoms with van der Waals surface area (Å²) in [6, 6.07) is 5.31. The van der Waals surface area contributed by atoms with Crippen molar-refractivity contribution in [1.82, 2.24) is 4.90 Å². The Morgan fingerprint density at radius 2 is 2.19 bits per heavy atom. The minimum absolute atomic E-state index is 0.0280. The zero-order valence-electron chi connectivity index (χ0n) is 9.46. The highest BCUT2D eigenvalue weighted by Gasteiger charge is 2.14. The minimum atomic E-state index is -0.0280. The van der Waals surface area contributed by atoms with Gasteiger partial charge in [0.25, 0.3) is 5.91 Å². The molecule has 2 nitrogen and oxygen atoms in total. The van der Waals surface area contributed by atoms with Gasteiger partial charge in [-0.1, -0.05) is 40.9 Å². The molecule has 0 heterocycles. The molecule has 0 spiro atoms. The number of carbonyl (C=O) groups excluding carboxylic acids is 1. The predicted molar refractivity (Wildman–Crippen MR) is 71.0 cm³/mol. The molecule has 0 atom stereocenters. The lowest BCUT2D eigenvalue weighted by atomic mass is 10.2. The van der Waals surface area contributed by atoms with Crippen LogP contribution >= 0.6 is 27.5 Å². The van der Waals surface area contributed by atoms with Crippen molar-refractivity contribution in [3.05, 3.63) is 33.3 Å². The van der Waals surface area contributed by atoms with Crippen LogP contribution < -0.4 is 0 Å². The molecule has 0 unspecified atom stereocenters. The molecular weight excluding hydrogens is 289 g/mol. The van der Waals surface area contributed by atoms with Gasteiger partial charge in [0.1, 0.15) is 0 Å². The maximum absolute atomic E-state index is 12.0. The highest BCUT2D eigenvalue weighted by molar-refractivity contribution is 9.10. The summed E-state index contributed by atoms with van der Waals surface area (Å²) in [5.74, 6) is -0.0280. The third-order valence-electron chi connectivity index (χ3n) is 2.35. The van der Waals surface area contributed by atoms with Crippen molar-refractivity contribution in [3.63, 3.8) is 0 Å². The molecule has 1 rings (SSSR count).